The third-order valence-electron chi connectivity index (χ3n) is 8.39. The van der Waals surface area contributed by atoms with Crippen molar-refractivity contribution in [3.63, 3.8) is 0 Å². The summed E-state index contributed by atoms with van der Waals surface area (Å²) in [5.41, 5.74) is 4.85. The Kier molecular flexibility index (Phi) is 9.48. The number of ether oxygens (including phenoxy) is 2. The van der Waals surface area contributed by atoms with Crippen LogP contribution in [0, 0.1) is 18.8 Å². The molecule has 11 heteroatoms. The molecule has 46 heavy (non-hydrogen) atoms. The largest absolute Gasteiger partial charge is 0.491 e. The molecule has 0 aliphatic carbocycles. The number of fused-ring (bicyclic) bond motifs is 1. The first-order chi connectivity index (χ1) is 22.1. The quantitative estimate of drug-likeness (QED) is 0.173. The summed E-state index contributed by atoms with van der Waals surface area (Å²) in [5, 5.41) is 23.6. The molecule has 0 radical (unpaired) electrons. The molecule has 1 aromatic heterocycles. The summed E-state index contributed by atoms with van der Waals surface area (Å²) in [5.74, 6) is 7.67. The second-order valence-electron chi connectivity index (χ2n) is 11.8. The Hall–Kier alpha value is -3.75. The molecule has 0 unspecified atom stereocenters. The Morgan fingerprint density at radius 1 is 1.04 bits per heavy atom. The lowest BCUT2D eigenvalue weighted by Gasteiger charge is -2.31. The molecular formula is C35H34ClN3O5S2. The van der Waals surface area contributed by atoms with Crippen molar-refractivity contribution in [3.8, 4) is 34.5 Å². The predicted octanol–water partition coefficient (Wildman–Crippen LogP) is 7.75. The maximum Gasteiger partial charge on any atom is 0.150 e. The van der Waals surface area contributed by atoms with Crippen LogP contribution in [0.4, 0.5) is 0 Å². The Morgan fingerprint density at radius 3 is 2.50 bits per heavy atom. The highest BCUT2D eigenvalue weighted by atomic mass is 35.5. The molecule has 0 saturated carbocycles. The highest BCUT2D eigenvalue weighted by molar-refractivity contribution is 7.91. The van der Waals surface area contributed by atoms with Gasteiger partial charge in [0.25, 0.3) is 0 Å². The van der Waals surface area contributed by atoms with Crippen LogP contribution < -0.4 is 9.47 Å². The molecule has 1 N–H and O–H groups in total. The maximum atomic E-state index is 11.8. The van der Waals surface area contributed by atoms with Gasteiger partial charge in [-0.1, -0.05) is 41.8 Å². The molecule has 1 saturated heterocycles. The van der Waals surface area contributed by atoms with Crippen LogP contribution in [0.3, 0.4) is 0 Å². The molecule has 6 rings (SSSR count). The summed E-state index contributed by atoms with van der Waals surface area (Å²) in [7, 11) is -3.07. The number of rotatable bonds is 10. The van der Waals surface area contributed by atoms with E-state index >= 15 is 0 Å². The average Bonchev–Trinajstić information content (AvgIpc) is 3.68. The SMILES string of the molecule is CC#C[C@@H](CC1=NN=NC1)c1ccc(OCc2ccc3sc(Cl)c(-c4ccc(OCC5(O)CCS(=O)(=O)CC5)cc4C)c3c2)cc1. The number of nitrogens with zero attached hydrogens (tertiary/aromatic N) is 3. The zero-order valence-electron chi connectivity index (χ0n) is 25.6. The minimum Gasteiger partial charge on any atom is -0.491 e. The lowest BCUT2D eigenvalue weighted by Crippen LogP contribution is -2.43. The van der Waals surface area contributed by atoms with Crippen molar-refractivity contribution in [3.05, 3.63) is 81.7 Å². The van der Waals surface area contributed by atoms with Crippen LogP contribution in [0.2, 0.25) is 4.34 Å². The highest BCUT2D eigenvalue weighted by Crippen LogP contribution is 2.44. The molecule has 1 atom stereocenters. The maximum absolute atomic E-state index is 11.8. The Bertz CT molecular complexity index is 1980. The van der Waals surface area contributed by atoms with Crippen LogP contribution in [0.25, 0.3) is 21.2 Å². The fourth-order valence-electron chi connectivity index (χ4n) is 5.71. The Morgan fingerprint density at radius 2 is 1.80 bits per heavy atom. The van der Waals surface area contributed by atoms with E-state index in [9.17, 15) is 13.5 Å². The highest BCUT2D eigenvalue weighted by Gasteiger charge is 2.36. The summed E-state index contributed by atoms with van der Waals surface area (Å²) in [6.45, 7) is 4.82. The summed E-state index contributed by atoms with van der Waals surface area (Å²) < 4.78 is 37.4. The number of hydrogen-bond donors (Lipinski definition) is 1. The van der Waals surface area contributed by atoms with E-state index in [4.69, 9.17) is 21.1 Å². The molecular weight excluding hydrogens is 642 g/mol. The van der Waals surface area contributed by atoms with Gasteiger partial charge in [0.2, 0.25) is 0 Å². The van der Waals surface area contributed by atoms with E-state index in [-0.39, 0.29) is 36.9 Å². The fraction of sp³-hybridized carbons (Fsp3) is 0.343. The van der Waals surface area contributed by atoms with E-state index in [0.29, 0.717) is 29.7 Å². The molecule has 2 aliphatic rings. The number of hydrogen-bond acceptors (Lipinski definition) is 9. The summed E-state index contributed by atoms with van der Waals surface area (Å²) >= 11 is 8.34. The van der Waals surface area contributed by atoms with E-state index in [1.807, 2.05) is 56.3 Å². The van der Waals surface area contributed by atoms with Crippen LogP contribution in [0.5, 0.6) is 11.5 Å². The van der Waals surface area contributed by atoms with Gasteiger partial charge in [-0.2, -0.15) is 5.11 Å². The van der Waals surface area contributed by atoms with Gasteiger partial charge < -0.3 is 14.6 Å². The van der Waals surface area contributed by atoms with Crippen molar-refractivity contribution < 1.29 is 23.0 Å². The molecule has 1 fully saturated rings. The predicted molar refractivity (Wildman–Crippen MR) is 184 cm³/mol. The van der Waals surface area contributed by atoms with Crippen molar-refractivity contribution in [1.82, 2.24) is 0 Å². The fourth-order valence-corrected chi connectivity index (χ4v) is 8.67. The van der Waals surface area contributed by atoms with Gasteiger partial charge >= 0.3 is 0 Å². The normalized spacial score (nSPS) is 17.3. The Labute approximate surface area is 278 Å². The summed E-state index contributed by atoms with van der Waals surface area (Å²) in [4.78, 5) is 0. The Balaban J connectivity index is 1.14. The molecule has 3 heterocycles. The average molecular weight is 676 g/mol. The number of thiophene rings is 1. The van der Waals surface area contributed by atoms with Gasteiger partial charge in [0, 0.05) is 22.1 Å². The van der Waals surface area contributed by atoms with Crippen molar-refractivity contribution in [1.29, 1.82) is 0 Å². The van der Waals surface area contributed by atoms with Gasteiger partial charge in [-0.15, -0.1) is 22.4 Å². The lowest BCUT2D eigenvalue weighted by molar-refractivity contribution is -0.0128. The molecule has 3 aromatic carbocycles. The third-order valence-corrected chi connectivity index (χ3v) is 11.4. The molecule has 0 amide bonds. The zero-order chi connectivity index (χ0) is 32.3. The number of aliphatic hydroxyl groups is 1. The molecule has 238 valence electrons. The van der Waals surface area contributed by atoms with Crippen LogP contribution >= 0.6 is 22.9 Å². The van der Waals surface area contributed by atoms with Crippen LogP contribution in [-0.2, 0) is 16.4 Å². The standard InChI is InChI=1S/C35H34ClN3O5S2/c1-3-4-26(19-27-20-37-39-38-27)25-6-8-28(9-7-25)43-21-24-5-12-32-31(18-24)33(34(36)45-32)30-11-10-29(17-23(30)2)44-22-35(40)13-15-46(41,42)16-14-35/h5-12,17-18,26,40H,13-16,19-22H2,1-2H3/t26-/m0/s1. The first-order valence-corrected chi connectivity index (χ1v) is 18.1. The van der Waals surface area contributed by atoms with Gasteiger partial charge in [0.1, 0.15) is 41.2 Å². The van der Waals surface area contributed by atoms with Gasteiger partial charge in [-0.25, -0.2) is 8.42 Å². The molecule has 4 aromatic rings. The second-order valence-corrected chi connectivity index (χ2v) is 15.7. The lowest BCUT2D eigenvalue weighted by atomic mass is 9.94. The van der Waals surface area contributed by atoms with Crippen molar-refractivity contribution >= 4 is 48.6 Å². The first kappa shape index (κ1) is 32.2. The minimum absolute atomic E-state index is 0.0193. The molecule has 0 bridgehead atoms. The topological polar surface area (TPSA) is 110 Å². The van der Waals surface area contributed by atoms with Crippen LogP contribution in [0.15, 0.2) is 76.1 Å². The zero-order valence-corrected chi connectivity index (χ0v) is 28.0. The van der Waals surface area contributed by atoms with E-state index in [2.05, 4.69) is 45.5 Å². The number of aryl methyl sites for hydroxylation is 1. The van der Waals surface area contributed by atoms with Crippen molar-refractivity contribution in [2.24, 2.45) is 15.4 Å². The molecule has 0 spiro atoms. The van der Waals surface area contributed by atoms with Gasteiger partial charge in [0.05, 0.1) is 23.1 Å². The number of benzene rings is 3. The van der Waals surface area contributed by atoms with Gasteiger partial charge in [-0.3, -0.25) is 0 Å². The van der Waals surface area contributed by atoms with E-state index < -0.39 is 15.4 Å². The summed E-state index contributed by atoms with van der Waals surface area (Å²) in [6.07, 6.45) is 1.06. The third kappa shape index (κ3) is 7.45. The molecule has 2 aliphatic heterocycles. The van der Waals surface area contributed by atoms with Crippen LogP contribution in [-0.4, -0.2) is 49.5 Å². The van der Waals surface area contributed by atoms with Crippen LogP contribution in [0.1, 0.15) is 48.8 Å². The van der Waals surface area contributed by atoms with E-state index in [1.54, 1.807) is 0 Å². The summed E-state index contributed by atoms with van der Waals surface area (Å²) in [6, 6.07) is 20.1. The van der Waals surface area contributed by atoms with E-state index in [0.717, 1.165) is 49.4 Å². The smallest absolute Gasteiger partial charge is 0.150 e. The minimum atomic E-state index is -3.07. The molecule has 8 nitrogen and oxygen atoms in total. The van der Waals surface area contributed by atoms with Crippen molar-refractivity contribution in [2.75, 3.05) is 24.7 Å². The van der Waals surface area contributed by atoms with Gasteiger partial charge in [-0.05, 0) is 90.6 Å². The monoisotopic (exact) mass is 675 g/mol. The van der Waals surface area contributed by atoms with E-state index in [1.165, 1.54) is 11.3 Å². The number of halogens is 1. The second kappa shape index (κ2) is 13.5. The number of sulfone groups is 1. The van der Waals surface area contributed by atoms with Crippen molar-refractivity contribution in [2.45, 2.75) is 51.2 Å². The van der Waals surface area contributed by atoms with Gasteiger partial charge in [0.15, 0.2) is 9.84 Å². The first-order valence-electron chi connectivity index (χ1n) is 15.1.